The molecule has 128 valence electrons. The Morgan fingerprint density at radius 2 is 1.96 bits per heavy atom. The van der Waals surface area contributed by atoms with Gasteiger partial charge in [0.2, 0.25) is 0 Å². The Labute approximate surface area is 139 Å². The molecule has 4 rings (SSSR count). The maximum atomic E-state index is 14.3. The van der Waals surface area contributed by atoms with Crippen molar-refractivity contribution in [1.82, 2.24) is 9.36 Å². The maximum Gasteiger partial charge on any atom is 0.275 e. The highest BCUT2D eigenvalue weighted by molar-refractivity contribution is 5.47. The van der Waals surface area contributed by atoms with Gasteiger partial charge in [-0.3, -0.25) is 9.48 Å². The van der Waals surface area contributed by atoms with E-state index < -0.39 is 11.6 Å². The van der Waals surface area contributed by atoms with Gasteiger partial charge in [-0.25, -0.2) is 13.5 Å². The van der Waals surface area contributed by atoms with Crippen LogP contribution in [0, 0.1) is 17.0 Å². The third-order valence-electron chi connectivity index (χ3n) is 6.71. The van der Waals surface area contributed by atoms with Gasteiger partial charge in [0.1, 0.15) is 11.5 Å². The zero-order valence-corrected chi connectivity index (χ0v) is 14.5. The number of rotatable bonds is 2. The predicted molar refractivity (Wildman–Crippen MR) is 88.7 cm³/mol. The molecule has 1 heterocycles. The molecule has 2 bridgehead atoms. The van der Waals surface area contributed by atoms with E-state index in [2.05, 4.69) is 20.8 Å². The largest absolute Gasteiger partial charge is 0.281 e. The highest BCUT2D eigenvalue weighted by Crippen LogP contribution is 2.67. The quantitative estimate of drug-likeness (QED) is 0.813. The average molecular weight is 332 g/mol. The molecule has 2 aromatic rings. The molecule has 1 saturated carbocycles. The first-order valence-corrected chi connectivity index (χ1v) is 8.55. The molecule has 0 saturated heterocycles. The summed E-state index contributed by atoms with van der Waals surface area (Å²) in [6, 6.07) is 3.38. The minimum absolute atomic E-state index is 0.0220. The van der Waals surface area contributed by atoms with Crippen LogP contribution in [0.25, 0.3) is 5.69 Å². The van der Waals surface area contributed by atoms with Gasteiger partial charge in [0.15, 0.2) is 5.82 Å². The SMILES string of the molecule is CCn1c2c(c(=O)n1-c1ccc(F)cc1F)[C@H]1CC[C@]2(C)C1(C)C. The monoisotopic (exact) mass is 332 g/mol. The molecule has 0 spiro atoms. The van der Waals surface area contributed by atoms with Crippen LogP contribution in [0.3, 0.4) is 0 Å². The maximum absolute atomic E-state index is 14.3. The molecule has 1 aromatic carbocycles. The number of aromatic nitrogens is 2. The lowest BCUT2D eigenvalue weighted by Gasteiger charge is -2.36. The van der Waals surface area contributed by atoms with E-state index in [4.69, 9.17) is 0 Å². The van der Waals surface area contributed by atoms with Crippen molar-refractivity contribution in [2.75, 3.05) is 0 Å². The normalized spacial score (nSPS) is 26.8. The molecule has 0 N–H and O–H groups in total. The number of hydrogen-bond acceptors (Lipinski definition) is 1. The van der Waals surface area contributed by atoms with Crippen molar-refractivity contribution in [3.63, 3.8) is 0 Å². The van der Waals surface area contributed by atoms with Crippen molar-refractivity contribution >= 4 is 0 Å². The number of hydrogen-bond donors (Lipinski definition) is 0. The van der Waals surface area contributed by atoms with Crippen molar-refractivity contribution in [2.24, 2.45) is 5.41 Å². The van der Waals surface area contributed by atoms with E-state index in [0.29, 0.717) is 6.54 Å². The first-order chi connectivity index (χ1) is 11.2. The van der Waals surface area contributed by atoms with E-state index in [9.17, 15) is 13.6 Å². The highest BCUT2D eigenvalue weighted by atomic mass is 19.1. The van der Waals surface area contributed by atoms with E-state index in [1.165, 1.54) is 16.8 Å². The lowest BCUT2D eigenvalue weighted by molar-refractivity contribution is 0.215. The number of nitrogens with zero attached hydrogens (tertiary/aromatic N) is 2. The third-order valence-corrected chi connectivity index (χ3v) is 6.71. The van der Waals surface area contributed by atoms with Crippen LogP contribution < -0.4 is 5.56 Å². The second kappa shape index (κ2) is 4.58. The fourth-order valence-electron chi connectivity index (χ4n) is 5.08. The summed E-state index contributed by atoms with van der Waals surface area (Å²) >= 11 is 0. The molecular formula is C19H22F2N2O. The molecule has 0 radical (unpaired) electrons. The molecule has 1 fully saturated rings. The lowest BCUT2D eigenvalue weighted by atomic mass is 9.70. The van der Waals surface area contributed by atoms with Crippen LogP contribution in [-0.2, 0) is 12.0 Å². The first-order valence-electron chi connectivity index (χ1n) is 8.55. The molecule has 5 heteroatoms. The van der Waals surface area contributed by atoms with E-state index in [-0.39, 0.29) is 28.0 Å². The molecule has 2 atom stereocenters. The Hall–Kier alpha value is -1.91. The fraction of sp³-hybridized carbons (Fsp3) is 0.526. The second-order valence-electron chi connectivity index (χ2n) is 7.84. The van der Waals surface area contributed by atoms with Crippen molar-refractivity contribution in [2.45, 2.75) is 58.4 Å². The molecule has 0 amide bonds. The fourth-order valence-corrected chi connectivity index (χ4v) is 5.08. The van der Waals surface area contributed by atoms with Crippen molar-refractivity contribution in [3.05, 3.63) is 51.4 Å². The summed E-state index contributed by atoms with van der Waals surface area (Å²) in [5, 5.41) is 0. The average Bonchev–Trinajstić information content (AvgIpc) is 2.99. The predicted octanol–water partition coefficient (Wildman–Crippen LogP) is 4.11. The van der Waals surface area contributed by atoms with E-state index >= 15 is 0 Å². The van der Waals surface area contributed by atoms with Crippen LogP contribution in [0.15, 0.2) is 23.0 Å². The second-order valence-corrected chi connectivity index (χ2v) is 7.84. The van der Waals surface area contributed by atoms with Gasteiger partial charge < -0.3 is 0 Å². The Morgan fingerprint density at radius 1 is 1.25 bits per heavy atom. The van der Waals surface area contributed by atoms with Gasteiger partial charge in [-0.1, -0.05) is 20.8 Å². The topological polar surface area (TPSA) is 26.9 Å². The summed E-state index contributed by atoms with van der Waals surface area (Å²) in [6.07, 6.45) is 2.03. The lowest BCUT2D eigenvalue weighted by Crippen LogP contribution is -2.36. The minimum Gasteiger partial charge on any atom is -0.281 e. The summed E-state index contributed by atoms with van der Waals surface area (Å²) < 4.78 is 30.9. The summed E-state index contributed by atoms with van der Waals surface area (Å²) in [4.78, 5) is 13.2. The first kappa shape index (κ1) is 15.6. The number of fused-ring (bicyclic) bond motifs is 5. The zero-order chi connectivity index (χ0) is 17.4. The van der Waals surface area contributed by atoms with Gasteiger partial charge in [0.05, 0.1) is 5.69 Å². The third kappa shape index (κ3) is 1.58. The van der Waals surface area contributed by atoms with Crippen LogP contribution in [-0.4, -0.2) is 9.36 Å². The van der Waals surface area contributed by atoms with Crippen LogP contribution in [0.2, 0.25) is 0 Å². The summed E-state index contributed by atoms with van der Waals surface area (Å²) in [6.45, 7) is 9.20. The van der Waals surface area contributed by atoms with Gasteiger partial charge in [0, 0.05) is 23.6 Å². The molecule has 2 aliphatic rings. The minimum atomic E-state index is -0.709. The van der Waals surface area contributed by atoms with Crippen molar-refractivity contribution in [3.8, 4) is 5.69 Å². The van der Waals surface area contributed by atoms with Gasteiger partial charge in [-0.15, -0.1) is 0 Å². The summed E-state index contributed by atoms with van der Waals surface area (Å²) in [5.74, 6) is -1.15. The van der Waals surface area contributed by atoms with Crippen LogP contribution in [0.4, 0.5) is 8.78 Å². The number of benzene rings is 1. The molecule has 3 nitrogen and oxygen atoms in total. The molecular weight excluding hydrogens is 310 g/mol. The van der Waals surface area contributed by atoms with Gasteiger partial charge in [-0.2, -0.15) is 0 Å². The molecule has 1 aromatic heterocycles. The van der Waals surface area contributed by atoms with E-state index in [1.807, 2.05) is 11.6 Å². The smallest absolute Gasteiger partial charge is 0.275 e. The summed E-state index contributed by atoms with van der Waals surface area (Å²) in [7, 11) is 0. The van der Waals surface area contributed by atoms with Gasteiger partial charge in [-0.05, 0) is 43.2 Å². The number of halogens is 2. The Balaban J connectivity index is 2.05. The van der Waals surface area contributed by atoms with Crippen molar-refractivity contribution < 1.29 is 8.78 Å². The Bertz CT molecular complexity index is 909. The highest BCUT2D eigenvalue weighted by Gasteiger charge is 2.62. The van der Waals surface area contributed by atoms with Crippen molar-refractivity contribution in [1.29, 1.82) is 0 Å². The van der Waals surface area contributed by atoms with Crippen LogP contribution in [0.1, 0.15) is 57.7 Å². The van der Waals surface area contributed by atoms with Crippen LogP contribution >= 0.6 is 0 Å². The standard InChI is InChI=1S/C19H22F2N2O/c1-5-22-16-15(12-8-9-19(16,4)18(12,2)3)17(24)23(22)14-7-6-11(20)10-13(14)21/h6-7,10,12H,5,8-9H2,1-4H3/t12-,19+/m1/s1. The molecule has 0 unspecified atom stereocenters. The van der Waals surface area contributed by atoms with Crippen LogP contribution in [0.5, 0.6) is 0 Å². The van der Waals surface area contributed by atoms with E-state index in [0.717, 1.165) is 30.2 Å². The molecule has 0 aliphatic heterocycles. The molecule has 24 heavy (non-hydrogen) atoms. The van der Waals surface area contributed by atoms with Gasteiger partial charge in [0.25, 0.3) is 5.56 Å². The Morgan fingerprint density at radius 3 is 2.58 bits per heavy atom. The summed E-state index contributed by atoms with van der Waals surface area (Å²) in [5.41, 5.74) is 1.77. The zero-order valence-electron chi connectivity index (χ0n) is 14.5. The van der Waals surface area contributed by atoms with Gasteiger partial charge >= 0.3 is 0 Å². The van der Waals surface area contributed by atoms with E-state index in [1.54, 1.807) is 0 Å². The molecule has 2 aliphatic carbocycles. The Kier molecular flexibility index (Phi) is 2.98.